The van der Waals surface area contributed by atoms with E-state index in [4.69, 9.17) is 10.2 Å². The third-order valence-corrected chi connectivity index (χ3v) is 4.69. The van der Waals surface area contributed by atoms with E-state index in [2.05, 4.69) is 46.3 Å². The maximum Gasteiger partial charge on any atom is 0.0991 e. The predicted molar refractivity (Wildman–Crippen MR) is 106 cm³/mol. The van der Waals surface area contributed by atoms with Crippen molar-refractivity contribution in [3.63, 3.8) is 0 Å². The molecule has 0 aliphatic rings. The fourth-order valence-corrected chi connectivity index (χ4v) is 3.25. The van der Waals surface area contributed by atoms with Gasteiger partial charge in [-0.25, -0.2) is 0 Å². The fraction of sp³-hybridized carbons (Fsp3) is 0.0909. The molecule has 4 aromatic rings. The lowest BCUT2D eigenvalue weighted by molar-refractivity contribution is 0.965. The quantitative estimate of drug-likeness (QED) is 0.582. The molecule has 0 radical (unpaired) electrons. The van der Waals surface area contributed by atoms with Gasteiger partial charge in [0.1, 0.15) is 0 Å². The summed E-state index contributed by atoms with van der Waals surface area (Å²) in [5, 5.41) is 13.4. The van der Waals surface area contributed by atoms with Crippen LogP contribution in [-0.4, -0.2) is 16.6 Å². The topological polar surface area (TPSA) is 53.6 Å². The molecule has 0 bridgehead atoms. The molecule has 2 heterocycles. The second kappa shape index (κ2) is 6.38. The van der Waals surface area contributed by atoms with Gasteiger partial charge in [-0.05, 0) is 35.9 Å². The number of rotatable bonds is 3. The minimum atomic E-state index is 0.655. The highest BCUT2D eigenvalue weighted by molar-refractivity contribution is 6.01. The second-order valence-corrected chi connectivity index (χ2v) is 6.22. The van der Waals surface area contributed by atoms with E-state index in [0.717, 1.165) is 39.0 Å². The Hall–Kier alpha value is -3.58. The molecule has 0 amide bonds. The summed E-state index contributed by atoms with van der Waals surface area (Å²) in [5.74, 6) is 0. The van der Waals surface area contributed by atoms with Crippen LogP contribution in [-0.2, 0) is 7.05 Å². The summed E-state index contributed by atoms with van der Waals surface area (Å²) < 4.78 is 2.07. The number of aromatic nitrogens is 2. The van der Waals surface area contributed by atoms with Crippen molar-refractivity contribution < 1.29 is 0 Å². The number of fused-ring (bicyclic) bond motifs is 1. The summed E-state index contributed by atoms with van der Waals surface area (Å²) in [4.78, 5) is 4.78. The predicted octanol–water partition coefficient (Wildman–Crippen LogP) is 4.82. The van der Waals surface area contributed by atoms with E-state index in [1.165, 1.54) is 0 Å². The van der Waals surface area contributed by atoms with Gasteiger partial charge in [-0.3, -0.25) is 4.98 Å². The summed E-state index contributed by atoms with van der Waals surface area (Å²) in [7, 11) is 3.93. The number of hydrogen-bond donors (Lipinski definition) is 1. The van der Waals surface area contributed by atoms with Gasteiger partial charge in [0.2, 0.25) is 0 Å². The molecule has 0 unspecified atom stereocenters. The van der Waals surface area contributed by atoms with Crippen molar-refractivity contribution in [2.24, 2.45) is 7.05 Å². The average Bonchev–Trinajstić information content (AvgIpc) is 3.08. The van der Waals surface area contributed by atoms with Gasteiger partial charge >= 0.3 is 0 Å². The minimum Gasteiger partial charge on any atom is -0.388 e. The lowest BCUT2D eigenvalue weighted by atomic mass is 9.95. The standard InChI is InChI=1S/C22H18N4/c1-24-18-9-7-17(8-10-18)22-21(16-5-3-15(13-23)4-6-16)19-11-12-26(2)20(19)14-25-22/h3-12,14,24H,1-2H3. The first kappa shape index (κ1) is 15.9. The van der Waals surface area contributed by atoms with Crippen molar-refractivity contribution >= 4 is 16.6 Å². The molecule has 26 heavy (non-hydrogen) atoms. The molecule has 0 spiro atoms. The van der Waals surface area contributed by atoms with Crippen LogP contribution in [0.3, 0.4) is 0 Å². The molecule has 2 aromatic heterocycles. The van der Waals surface area contributed by atoms with E-state index < -0.39 is 0 Å². The second-order valence-electron chi connectivity index (χ2n) is 6.22. The van der Waals surface area contributed by atoms with Gasteiger partial charge in [-0.1, -0.05) is 24.3 Å². The van der Waals surface area contributed by atoms with E-state index in [1.54, 1.807) is 0 Å². The molecular formula is C22H18N4. The zero-order chi connectivity index (χ0) is 18.1. The van der Waals surface area contributed by atoms with Crippen LogP contribution in [0.5, 0.6) is 0 Å². The lowest BCUT2D eigenvalue weighted by Crippen LogP contribution is -1.94. The third kappa shape index (κ3) is 2.60. The number of nitrogens with zero attached hydrogens (tertiary/aromatic N) is 3. The fourth-order valence-electron chi connectivity index (χ4n) is 3.25. The van der Waals surface area contributed by atoms with Crippen LogP contribution in [0.2, 0.25) is 0 Å². The molecule has 4 heteroatoms. The molecule has 2 aromatic carbocycles. The Labute approximate surface area is 152 Å². The minimum absolute atomic E-state index is 0.655. The first-order chi connectivity index (χ1) is 12.7. The Kier molecular flexibility index (Phi) is 3.91. The van der Waals surface area contributed by atoms with Crippen LogP contribution < -0.4 is 5.32 Å². The number of pyridine rings is 1. The highest BCUT2D eigenvalue weighted by atomic mass is 14.9. The summed E-state index contributed by atoms with van der Waals surface area (Å²) in [6.07, 6.45) is 3.97. The zero-order valence-electron chi connectivity index (χ0n) is 14.7. The molecule has 4 rings (SSSR count). The van der Waals surface area contributed by atoms with Crippen LogP contribution in [0, 0.1) is 11.3 Å². The van der Waals surface area contributed by atoms with Crippen LogP contribution in [0.25, 0.3) is 33.3 Å². The van der Waals surface area contributed by atoms with Crippen molar-refractivity contribution in [3.8, 4) is 28.5 Å². The number of aryl methyl sites for hydroxylation is 1. The van der Waals surface area contributed by atoms with E-state index >= 15 is 0 Å². The van der Waals surface area contributed by atoms with Crippen molar-refractivity contribution in [2.45, 2.75) is 0 Å². The normalized spacial score (nSPS) is 10.7. The highest BCUT2D eigenvalue weighted by Gasteiger charge is 2.15. The molecule has 0 atom stereocenters. The SMILES string of the molecule is CNc1ccc(-c2ncc3c(ccn3C)c2-c2ccc(C#N)cc2)cc1. The summed E-state index contributed by atoms with van der Waals surface area (Å²) in [6.45, 7) is 0. The molecule has 0 saturated heterocycles. The van der Waals surface area contributed by atoms with Gasteiger partial charge in [0, 0.05) is 42.5 Å². The van der Waals surface area contributed by atoms with Crippen LogP contribution in [0.15, 0.2) is 67.0 Å². The third-order valence-electron chi connectivity index (χ3n) is 4.69. The molecule has 0 aliphatic heterocycles. The number of anilines is 1. The number of hydrogen-bond acceptors (Lipinski definition) is 3. The highest BCUT2D eigenvalue weighted by Crippen LogP contribution is 2.37. The lowest BCUT2D eigenvalue weighted by Gasteiger charge is -2.12. The molecule has 126 valence electrons. The maximum atomic E-state index is 9.08. The van der Waals surface area contributed by atoms with E-state index in [0.29, 0.717) is 5.56 Å². The van der Waals surface area contributed by atoms with Crippen molar-refractivity contribution in [1.29, 1.82) is 5.26 Å². The Morgan fingerprint density at radius 3 is 2.31 bits per heavy atom. The Balaban J connectivity index is 1.98. The van der Waals surface area contributed by atoms with Crippen molar-refractivity contribution in [1.82, 2.24) is 9.55 Å². The summed E-state index contributed by atoms with van der Waals surface area (Å²) in [5.41, 5.74) is 6.95. The first-order valence-corrected chi connectivity index (χ1v) is 8.44. The average molecular weight is 338 g/mol. The smallest absolute Gasteiger partial charge is 0.0991 e. The van der Waals surface area contributed by atoms with E-state index in [9.17, 15) is 0 Å². The van der Waals surface area contributed by atoms with Crippen LogP contribution in [0.1, 0.15) is 5.56 Å². The number of nitriles is 1. The maximum absolute atomic E-state index is 9.08. The van der Waals surface area contributed by atoms with E-state index in [-0.39, 0.29) is 0 Å². The largest absolute Gasteiger partial charge is 0.388 e. The first-order valence-electron chi connectivity index (χ1n) is 8.44. The molecule has 0 aliphatic carbocycles. The van der Waals surface area contributed by atoms with Gasteiger partial charge in [0.25, 0.3) is 0 Å². The molecular weight excluding hydrogens is 320 g/mol. The summed E-state index contributed by atoms with van der Waals surface area (Å²) >= 11 is 0. The molecule has 0 saturated carbocycles. The molecule has 4 nitrogen and oxygen atoms in total. The molecule has 0 fully saturated rings. The monoisotopic (exact) mass is 338 g/mol. The van der Waals surface area contributed by atoms with Crippen molar-refractivity contribution in [2.75, 3.05) is 12.4 Å². The Morgan fingerprint density at radius 2 is 1.65 bits per heavy atom. The number of benzene rings is 2. The van der Waals surface area contributed by atoms with Crippen molar-refractivity contribution in [3.05, 3.63) is 72.6 Å². The van der Waals surface area contributed by atoms with Gasteiger partial charge in [0.15, 0.2) is 0 Å². The van der Waals surface area contributed by atoms with Crippen LogP contribution in [0.4, 0.5) is 5.69 Å². The van der Waals surface area contributed by atoms with Crippen LogP contribution >= 0.6 is 0 Å². The molecule has 1 N–H and O–H groups in total. The van der Waals surface area contributed by atoms with Gasteiger partial charge < -0.3 is 9.88 Å². The Bertz CT molecular complexity index is 1110. The Morgan fingerprint density at radius 1 is 0.962 bits per heavy atom. The van der Waals surface area contributed by atoms with Gasteiger partial charge in [-0.15, -0.1) is 0 Å². The van der Waals surface area contributed by atoms with Gasteiger partial charge in [0.05, 0.1) is 29.0 Å². The zero-order valence-corrected chi connectivity index (χ0v) is 14.7. The van der Waals surface area contributed by atoms with Gasteiger partial charge in [-0.2, -0.15) is 5.26 Å². The summed E-state index contributed by atoms with van der Waals surface area (Å²) in [6, 6.07) is 20.3. The van der Waals surface area contributed by atoms with E-state index in [1.807, 2.05) is 50.8 Å². The number of nitrogens with one attached hydrogen (secondary N) is 1.